The monoisotopic (exact) mass is 637 g/mol. The van der Waals surface area contributed by atoms with Gasteiger partial charge in [-0.15, -0.1) is 0 Å². The van der Waals surface area contributed by atoms with Gasteiger partial charge in [-0.25, -0.2) is 15.0 Å². The molecule has 0 atom stereocenters. The van der Waals surface area contributed by atoms with Crippen LogP contribution in [-0.2, 0) is 0 Å². The van der Waals surface area contributed by atoms with Crippen molar-refractivity contribution in [3.8, 4) is 79.7 Å². The highest BCUT2D eigenvalue weighted by atomic mass is 15.0. The molecule has 7 aromatic carbocycles. The standard InChI is InChI=1S/C45H27N5/c46-28-30-23-31(29-47)25-42(24-30)34-13-11-32(12-14-34)38-19-21-41-27-39(20-22-40(41)26-38)33-15-17-37(18-16-33)45-49-43(35-7-3-1-4-8-35)48-44(50-45)36-9-5-2-6-10-36/h1-27H. The van der Waals surface area contributed by atoms with Crippen LogP contribution in [0, 0.1) is 22.7 Å². The Hall–Kier alpha value is -7.21. The number of hydrogen-bond acceptors (Lipinski definition) is 5. The van der Waals surface area contributed by atoms with Gasteiger partial charge in [0.15, 0.2) is 17.5 Å². The minimum atomic E-state index is 0.477. The third kappa shape index (κ3) is 6.11. The third-order valence-electron chi connectivity index (χ3n) is 8.76. The molecule has 0 N–H and O–H groups in total. The summed E-state index contributed by atoms with van der Waals surface area (Å²) in [6.45, 7) is 0. The molecular weight excluding hydrogens is 611 g/mol. The SMILES string of the molecule is N#Cc1cc(C#N)cc(-c2ccc(-c3ccc4cc(-c5ccc(-c6nc(-c7ccccc7)nc(-c7ccccc7)n6)cc5)ccc4c3)cc2)c1. The summed E-state index contributed by atoms with van der Waals surface area (Å²) in [6.07, 6.45) is 0. The van der Waals surface area contributed by atoms with E-state index in [4.69, 9.17) is 15.0 Å². The fourth-order valence-corrected chi connectivity index (χ4v) is 6.13. The van der Waals surface area contributed by atoms with E-state index in [0.29, 0.717) is 28.6 Å². The topological polar surface area (TPSA) is 86.2 Å². The molecule has 1 aromatic heterocycles. The molecule has 5 nitrogen and oxygen atoms in total. The van der Waals surface area contributed by atoms with Gasteiger partial charge in [-0.1, -0.05) is 133 Å². The highest BCUT2D eigenvalue weighted by Crippen LogP contribution is 2.32. The summed E-state index contributed by atoms with van der Waals surface area (Å²) in [5, 5.41) is 21.0. The van der Waals surface area contributed by atoms with E-state index >= 15 is 0 Å². The van der Waals surface area contributed by atoms with E-state index in [1.165, 1.54) is 0 Å². The Kier molecular flexibility index (Phi) is 7.91. The molecule has 1 heterocycles. The minimum Gasteiger partial charge on any atom is -0.208 e. The van der Waals surface area contributed by atoms with Crippen molar-refractivity contribution in [2.75, 3.05) is 0 Å². The zero-order chi connectivity index (χ0) is 33.9. The maximum atomic E-state index is 9.36. The summed E-state index contributed by atoms with van der Waals surface area (Å²) >= 11 is 0. The van der Waals surface area contributed by atoms with Crippen molar-refractivity contribution in [3.05, 3.63) is 175 Å². The van der Waals surface area contributed by atoms with E-state index in [9.17, 15) is 10.5 Å². The molecule has 0 aliphatic rings. The summed E-state index contributed by atoms with van der Waals surface area (Å²) in [5.74, 6) is 1.91. The quantitative estimate of drug-likeness (QED) is 0.181. The van der Waals surface area contributed by atoms with Gasteiger partial charge in [0, 0.05) is 16.7 Å². The summed E-state index contributed by atoms with van der Waals surface area (Å²) in [5.41, 5.74) is 10.0. The van der Waals surface area contributed by atoms with Crippen LogP contribution in [0.15, 0.2) is 164 Å². The van der Waals surface area contributed by atoms with E-state index in [2.05, 4.69) is 84.9 Å². The van der Waals surface area contributed by atoms with Crippen molar-refractivity contribution in [2.45, 2.75) is 0 Å². The average molecular weight is 638 g/mol. The summed E-state index contributed by atoms with van der Waals surface area (Å²) in [6, 6.07) is 59.2. The Morgan fingerprint density at radius 1 is 0.300 bits per heavy atom. The first-order valence-electron chi connectivity index (χ1n) is 16.2. The van der Waals surface area contributed by atoms with Crippen LogP contribution in [0.1, 0.15) is 11.1 Å². The lowest BCUT2D eigenvalue weighted by Gasteiger charge is -2.10. The number of nitrogens with zero attached hydrogens (tertiary/aromatic N) is 5. The van der Waals surface area contributed by atoms with Gasteiger partial charge >= 0.3 is 0 Å². The molecule has 0 unspecified atom stereocenters. The number of rotatable bonds is 6. The molecule has 0 saturated heterocycles. The predicted molar refractivity (Wildman–Crippen MR) is 199 cm³/mol. The number of hydrogen-bond donors (Lipinski definition) is 0. The normalized spacial score (nSPS) is 10.8. The van der Waals surface area contributed by atoms with Crippen LogP contribution in [0.25, 0.3) is 78.3 Å². The molecule has 0 amide bonds. The highest BCUT2D eigenvalue weighted by Gasteiger charge is 2.13. The summed E-state index contributed by atoms with van der Waals surface area (Å²) < 4.78 is 0. The summed E-state index contributed by atoms with van der Waals surface area (Å²) in [7, 11) is 0. The number of aromatic nitrogens is 3. The molecule has 232 valence electrons. The van der Waals surface area contributed by atoms with Gasteiger partial charge < -0.3 is 0 Å². The fourth-order valence-electron chi connectivity index (χ4n) is 6.13. The Morgan fingerprint density at radius 2 is 0.640 bits per heavy atom. The van der Waals surface area contributed by atoms with Crippen molar-refractivity contribution < 1.29 is 0 Å². The van der Waals surface area contributed by atoms with Gasteiger partial charge in [0.25, 0.3) is 0 Å². The van der Waals surface area contributed by atoms with Crippen molar-refractivity contribution >= 4 is 10.8 Å². The van der Waals surface area contributed by atoms with Gasteiger partial charge in [0.1, 0.15) is 0 Å². The lowest BCUT2D eigenvalue weighted by Crippen LogP contribution is -2.00. The van der Waals surface area contributed by atoms with Crippen LogP contribution < -0.4 is 0 Å². The van der Waals surface area contributed by atoms with E-state index in [-0.39, 0.29) is 0 Å². The van der Waals surface area contributed by atoms with Crippen molar-refractivity contribution in [3.63, 3.8) is 0 Å². The largest absolute Gasteiger partial charge is 0.208 e. The van der Waals surface area contributed by atoms with Crippen LogP contribution in [0.2, 0.25) is 0 Å². The Balaban J connectivity index is 1.06. The van der Waals surface area contributed by atoms with E-state index in [0.717, 1.165) is 60.8 Å². The highest BCUT2D eigenvalue weighted by molar-refractivity contribution is 5.91. The lowest BCUT2D eigenvalue weighted by atomic mass is 9.95. The van der Waals surface area contributed by atoms with E-state index in [1.807, 2.05) is 84.9 Å². The maximum Gasteiger partial charge on any atom is 0.164 e. The molecule has 0 bridgehead atoms. The van der Waals surface area contributed by atoms with Crippen molar-refractivity contribution in [1.29, 1.82) is 10.5 Å². The molecule has 0 aliphatic carbocycles. The van der Waals surface area contributed by atoms with Crippen LogP contribution in [0.4, 0.5) is 0 Å². The second-order valence-electron chi connectivity index (χ2n) is 12.0. The first-order chi connectivity index (χ1) is 24.6. The molecule has 0 spiro atoms. The molecule has 0 radical (unpaired) electrons. The maximum absolute atomic E-state index is 9.36. The van der Waals surface area contributed by atoms with Gasteiger partial charge in [0.2, 0.25) is 0 Å². The van der Waals surface area contributed by atoms with E-state index < -0.39 is 0 Å². The van der Waals surface area contributed by atoms with Crippen LogP contribution >= 0.6 is 0 Å². The zero-order valence-electron chi connectivity index (χ0n) is 26.8. The van der Waals surface area contributed by atoms with Gasteiger partial charge in [-0.2, -0.15) is 10.5 Å². The molecule has 0 saturated carbocycles. The van der Waals surface area contributed by atoms with Crippen molar-refractivity contribution in [1.82, 2.24) is 15.0 Å². The van der Waals surface area contributed by atoms with E-state index in [1.54, 1.807) is 6.07 Å². The lowest BCUT2D eigenvalue weighted by molar-refractivity contribution is 1.07. The van der Waals surface area contributed by atoms with Crippen LogP contribution in [0.3, 0.4) is 0 Å². The second kappa shape index (κ2) is 13.1. The molecule has 0 fully saturated rings. The number of fused-ring (bicyclic) bond motifs is 1. The number of nitriles is 2. The Morgan fingerprint density at radius 3 is 1.04 bits per heavy atom. The fraction of sp³-hybridized carbons (Fsp3) is 0. The summed E-state index contributed by atoms with van der Waals surface area (Å²) in [4.78, 5) is 14.5. The molecular formula is C45H27N5. The Labute approximate surface area is 290 Å². The number of benzene rings is 7. The molecule has 50 heavy (non-hydrogen) atoms. The first kappa shape index (κ1) is 30.1. The molecule has 8 aromatic rings. The molecule has 8 rings (SSSR count). The predicted octanol–water partition coefficient (Wildman–Crippen LogP) is 10.8. The second-order valence-corrected chi connectivity index (χ2v) is 12.0. The average Bonchev–Trinajstić information content (AvgIpc) is 3.21. The minimum absolute atomic E-state index is 0.477. The van der Waals surface area contributed by atoms with Crippen molar-refractivity contribution in [2.24, 2.45) is 0 Å². The smallest absolute Gasteiger partial charge is 0.164 e. The first-order valence-corrected chi connectivity index (χ1v) is 16.2. The van der Waals surface area contributed by atoms with Gasteiger partial charge in [-0.3, -0.25) is 0 Å². The Bertz CT molecular complexity index is 2490. The van der Waals surface area contributed by atoms with Crippen LogP contribution in [0.5, 0.6) is 0 Å². The van der Waals surface area contributed by atoms with Gasteiger partial charge in [-0.05, 0) is 74.5 Å². The van der Waals surface area contributed by atoms with Crippen LogP contribution in [-0.4, -0.2) is 15.0 Å². The zero-order valence-corrected chi connectivity index (χ0v) is 26.8. The molecule has 0 aliphatic heterocycles. The third-order valence-corrected chi connectivity index (χ3v) is 8.76. The van der Waals surface area contributed by atoms with Gasteiger partial charge in [0.05, 0.1) is 23.3 Å². The molecule has 5 heteroatoms.